The van der Waals surface area contributed by atoms with Crippen LogP contribution in [-0.2, 0) is 4.79 Å². The Morgan fingerprint density at radius 2 is 2.57 bits per heavy atom. The van der Waals surface area contributed by atoms with Gasteiger partial charge in [0.15, 0.2) is 6.19 Å². The van der Waals surface area contributed by atoms with Crippen molar-refractivity contribution in [2.24, 2.45) is 0 Å². The number of nitrogens with zero attached hydrogens (tertiary/aromatic N) is 1. The van der Waals surface area contributed by atoms with Crippen molar-refractivity contribution in [3.05, 3.63) is 0 Å². The number of nitriles is 1. The summed E-state index contributed by atoms with van der Waals surface area (Å²) in [6, 6.07) is 0. The summed E-state index contributed by atoms with van der Waals surface area (Å²) < 4.78 is 0. The maximum absolute atomic E-state index is 9.54. The number of carboxylic acids is 1. The Balaban J connectivity index is 3.02. The zero-order chi connectivity index (χ0) is 5.70. The molecule has 0 aromatic heterocycles. The van der Waals surface area contributed by atoms with E-state index < -0.39 is 5.97 Å². The third-order valence-electron chi connectivity index (χ3n) is 0.319. The summed E-state index contributed by atoms with van der Waals surface area (Å²) in [5.41, 5.74) is 0. The monoisotopic (exact) mass is 100 g/mol. The minimum absolute atomic E-state index is 0.295. The van der Waals surface area contributed by atoms with E-state index >= 15 is 0 Å². The smallest absolute Gasteiger partial charge is 0.323 e. The summed E-state index contributed by atoms with van der Waals surface area (Å²) in [4.78, 5) is 9.54. The first-order valence-corrected chi connectivity index (χ1v) is 1.61. The quantitative estimate of drug-likeness (QED) is 0.350. The highest BCUT2D eigenvalue weighted by Gasteiger charge is 1.88. The van der Waals surface area contributed by atoms with Crippen LogP contribution >= 0.6 is 0 Å². The molecule has 0 saturated heterocycles. The number of rotatable bonds is 2. The lowest BCUT2D eigenvalue weighted by atomic mass is 10.7. The van der Waals surface area contributed by atoms with Gasteiger partial charge in [-0.3, -0.25) is 4.79 Å². The number of hydrogen-bond donors (Lipinski definition) is 2. The van der Waals surface area contributed by atoms with Gasteiger partial charge in [0.2, 0.25) is 0 Å². The fourth-order valence-electron chi connectivity index (χ4n) is 0.115. The molecule has 0 aliphatic carbocycles. The van der Waals surface area contributed by atoms with E-state index in [1.165, 1.54) is 6.19 Å². The van der Waals surface area contributed by atoms with Gasteiger partial charge in [0.25, 0.3) is 0 Å². The SMILES string of the molecule is N#CNCC(=O)O. The number of carbonyl (C=O) groups is 1. The van der Waals surface area contributed by atoms with Crippen molar-refractivity contribution in [1.82, 2.24) is 5.32 Å². The van der Waals surface area contributed by atoms with E-state index in [1.54, 1.807) is 0 Å². The molecule has 0 unspecified atom stereocenters. The molecule has 0 bridgehead atoms. The maximum atomic E-state index is 9.54. The molecule has 2 N–H and O–H groups in total. The number of nitrogens with one attached hydrogen (secondary N) is 1. The summed E-state index contributed by atoms with van der Waals surface area (Å²) >= 11 is 0. The summed E-state index contributed by atoms with van der Waals surface area (Å²) in [5.74, 6) is -1.03. The predicted molar refractivity (Wildman–Crippen MR) is 21.3 cm³/mol. The van der Waals surface area contributed by atoms with E-state index in [9.17, 15) is 4.79 Å². The van der Waals surface area contributed by atoms with Crippen LogP contribution in [0.5, 0.6) is 0 Å². The predicted octanol–water partition coefficient (Wildman–Crippen LogP) is -0.858. The van der Waals surface area contributed by atoms with E-state index in [4.69, 9.17) is 10.4 Å². The van der Waals surface area contributed by atoms with E-state index in [0.717, 1.165) is 0 Å². The van der Waals surface area contributed by atoms with Crippen LogP contribution in [0.2, 0.25) is 0 Å². The highest BCUT2D eigenvalue weighted by molar-refractivity contribution is 5.69. The van der Waals surface area contributed by atoms with Gasteiger partial charge in [-0.05, 0) is 0 Å². The van der Waals surface area contributed by atoms with E-state index in [2.05, 4.69) is 0 Å². The van der Waals surface area contributed by atoms with Gasteiger partial charge in [-0.1, -0.05) is 0 Å². The first-order chi connectivity index (χ1) is 3.27. The van der Waals surface area contributed by atoms with Crippen molar-refractivity contribution in [3.8, 4) is 6.19 Å². The lowest BCUT2D eigenvalue weighted by Gasteiger charge is -1.83. The molecule has 0 saturated carbocycles. The highest BCUT2D eigenvalue weighted by atomic mass is 16.4. The Hall–Kier alpha value is -1.24. The average Bonchev–Trinajstić information content (AvgIpc) is 1.61. The minimum Gasteiger partial charge on any atom is -0.480 e. The minimum atomic E-state index is -1.03. The molecule has 0 radical (unpaired) electrons. The summed E-state index contributed by atoms with van der Waals surface area (Å²) in [5, 5.41) is 17.5. The van der Waals surface area contributed by atoms with Crippen LogP contribution in [0.4, 0.5) is 0 Å². The Morgan fingerprint density at radius 3 is 2.71 bits per heavy atom. The van der Waals surface area contributed by atoms with Crippen molar-refractivity contribution >= 4 is 5.97 Å². The molecule has 0 aromatic rings. The lowest BCUT2D eigenvalue weighted by Crippen LogP contribution is -2.16. The fourth-order valence-corrected chi connectivity index (χ4v) is 0.115. The topological polar surface area (TPSA) is 73.1 Å². The molecule has 4 nitrogen and oxygen atoms in total. The number of carboxylic acid groups (broad SMARTS) is 1. The second-order valence-corrected chi connectivity index (χ2v) is 0.859. The van der Waals surface area contributed by atoms with Gasteiger partial charge < -0.3 is 10.4 Å². The first-order valence-electron chi connectivity index (χ1n) is 1.61. The maximum Gasteiger partial charge on any atom is 0.323 e. The first kappa shape index (κ1) is 5.76. The summed E-state index contributed by atoms with van der Waals surface area (Å²) in [6.07, 6.45) is 1.47. The number of aliphatic carboxylic acids is 1. The van der Waals surface area contributed by atoms with Crippen molar-refractivity contribution in [3.63, 3.8) is 0 Å². The van der Waals surface area contributed by atoms with Crippen molar-refractivity contribution in [1.29, 1.82) is 5.26 Å². The van der Waals surface area contributed by atoms with Gasteiger partial charge in [-0.15, -0.1) is 0 Å². The van der Waals surface area contributed by atoms with Crippen LogP contribution in [0.3, 0.4) is 0 Å². The fraction of sp³-hybridized carbons (Fsp3) is 0.333. The lowest BCUT2D eigenvalue weighted by molar-refractivity contribution is -0.135. The van der Waals surface area contributed by atoms with Gasteiger partial charge in [0, 0.05) is 0 Å². The molecule has 0 rings (SSSR count). The van der Waals surface area contributed by atoms with Crippen LogP contribution < -0.4 is 5.32 Å². The summed E-state index contributed by atoms with van der Waals surface area (Å²) in [6.45, 7) is -0.295. The van der Waals surface area contributed by atoms with Gasteiger partial charge in [-0.25, -0.2) is 0 Å². The molecule has 0 amide bonds. The highest BCUT2D eigenvalue weighted by Crippen LogP contribution is 1.53. The van der Waals surface area contributed by atoms with Crippen molar-refractivity contribution in [2.75, 3.05) is 6.54 Å². The van der Waals surface area contributed by atoms with Crippen molar-refractivity contribution < 1.29 is 9.90 Å². The van der Waals surface area contributed by atoms with Crippen LogP contribution in [0, 0.1) is 11.5 Å². The molecule has 0 aliphatic heterocycles. The average molecular weight is 100 g/mol. The molecular weight excluding hydrogens is 96.0 g/mol. The van der Waals surface area contributed by atoms with Gasteiger partial charge >= 0.3 is 5.97 Å². The number of hydrogen-bond acceptors (Lipinski definition) is 3. The molecule has 0 heterocycles. The molecule has 0 fully saturated rings. The molecule has 0 atom stereocenters. The third-order valence-corrected chi connectivity index (χ3v) is 0.319. The Bertz CT molecular complexity index is 104. The Labute approximate surface area is 40.4 Å². The zero-order valence-corrected chi connectivity index (χ0v) is 3.51. The second kappa shape index (κ2) is 2.97. The van der Waals surface area contributed by atoms with Gasteiger partial charge in [-0.2, -0.15) is 5.26 Å². The molecule has 0 aromatic carbocycles. The zero-order valence-electron chi connectivity index (χ0n) is 3.51. The van der Waals surface area contributed by atoms with Crippen LogP contribution in [0.1, 0.15) is 0 Å². The standard InChI is InChI=1S/C3H4N2O2/c4-2-5-1-3(6)7/h5H,1H2,(H,6,7). The molecule has 38 valence electrons. The van der Waals surface area contributed by atoms with E-state index in [1.807, 2.05) is 5.32 Å². The molecular formula is C3H4N2O2. The second-order valence-electron chi connectivity index (χ2n) is 0.859. The van der Waals surface area contributed by atoms with Gasteiger partial charge in [0.1, 0.15) is 6.54 Å². The van der Waals surface area contributed by atoms with Crippen molar-refractivity contribution in [2.45, 2.75) is 0 Å². The molecule has 0 aliphatic rings. The Kier molecular flexibility index (Phi) is 2.44. The van der Waals surface area contributed by atoms with Crippen LogP contribution in [-0.4, -0.2) is 17.6 Å². The summed E-state index contributed by atoms with van der Waals surface area (Å²) in [7, 11) is 0. The van der Waals surface area contributed by atoms with Crippen LogP contribution in [0.25, 0.3) is 0 Å². The third kappa shape index (κ3) is 4.76. The van der Waals surface area contributed by atoms with E-state index in [0.29, 0.717) is 0 Å². The van der Waals surface area contributed by atoms with E-state index in [-0.39, 0.29) is 6.54 Å². The van der Waals surface area contributed by atoms with Gasteiger partial charge in [0.05, 0.1) is 0 Å². The normalized spacial score (nSPS) is 6.71. The molecule has 4 heteroatoms. The van der Waals surface area contributed by atoms with Crippen LogP contribution in [0.15, 0.2) is 0 Å². The molecule has 7 heavy (non-hydrogen) atoms. The Morgan fingerprint density at radius 1 is 2.00 bits per heavy atom. The molecule has 0 spiro atoms. The largest absolute Gasteiger partial charge is 0.480 e.